The zero-order chi connectivity index (χ0) is 17.5. The van der Waals surface area contributed by atoms with Gasteiger partial charge in [0.05, 0.1) is 6.26 Å². The van der Waals surface area contributed by atoms with Gasteiger partial charge in [0.1, 0.15) is 0 Å². The van der Waals surface area contributed by atoms with Crippen LogP contribution in [0.1, 0.15) is 22.5 Å². The van der Waals surface area contributed by atoms with Crippen molar-refractivity contribution in [2.75, 3.05) is 24.5 Å². The lowest BCUT2D eigenvalue weighted by Gasteiger charge is -2.18. The fourth-order valence-electron chi connectivity index (χ4n) is 2.93. The van der Waals surface area contributed by atoms with Crippen LogP contribution in [0, 0.1) is 0 Å². The molecule has 2 aromatic rings. The third-order valence-corrected chi connectivity index (χ3v) is 4.51. The van der Waals surface area contributed by atoms with Gasteiger partial charge in [-0.25, -0.2) is 8.42 Å². The Hall–Kier alpha value is -1.53. The molecule has 114 valence electrons. The molecule has 1 atom stereocenters. The van der Waals surface area contributed by atoms with Crippen molar-refractivity contribution in [1.82, 2.24) is 9.88 Å². The minimum atomic E-state index is -3.34. The van der Waals surface area contributed by atoms with Crippen LogP contribution in [0.2, 0.25) is 0 Å². The minimum Gasteiger partial charge on any atom is -0.361 e. The predicted octanol–water partition coefficient (Wildman–Crippen LogP) is 2.18. The first-order valence-corrected chi connectivity index (χ1v) is 8.87. The smallest absolute Gasteiger partial charge is 0.229 e. The van der Waals surface area contributed by atoms with E-state index in [1.165, 1.54) is 0 Å². The number of likely N-dealkylation sites (N-methyl/N-ethyl adjacent to an activating group) is 1. The molecule has 0 amide bonds. The number of hydrogen-bond acceptors (Lipinski definition) is 3. The average Bonchev–Trinajstić information content (AvgIpc) is 3.04. The van der Waals surface area contributed by atoms with E-state index in [0.717, 1.165) is 35.6 Å². The highest BCUT2D eigenvalue weighted by Crippen LogP contribution is 2.27. The molecule has 2 heterocycles. The van der Waals surface area contributed by atoms with Gasteiger partial charge in [0, 0.05) is 32.9 Å². The maximum absolute atomic E-state index is 11.4. The Bertz CT molecular complexity index is 845. The summed E-state index contributed by atoms with van der Waals surface area (Å²) >= 11 is 0. The number of aromatic amines is 1. The Morgan fingerprint density at radius 2 is 2.38 bits per heavy atom. The van der Waals surface area contributed by atoms with Crippen molar-refractivity contribution >= 4 is 26.6 Å². The number of nitrogens with zero attached hydrogens (tertiary/aromatic N) is 1. The molecule has 1 saturated heterocycles. The number of nitrogens with one attached hydrogen (secondary N) is 2. The summed E-state index contributed by atoms with van der Waals surface area (Å²) in [5.74, 6) is 0. The van der Waals surface area contributed by atoms with Gasteiger partial charge >= 0.3 is 0 Å². The zero-order valence-corrected chi connectivity index (χ0v) is 12.7. The molecule has 0 saturated carbocycles. The lowest BCUT2D eigenvalue weighted by Crippen LogP contribution is -2.26. The standard InChI is InChI=1S/C15H21N3O2S/c1-18-7-3-4-13(18)8-11-10-16-15-6-5-12(9-14(11)15)17-21(2,19)20/h5-6,9-10,13,16-17H,3-4,7-8H2,1-2H3/i1T3. The van der Waals surface area contributed by atoms with Crippen LogP contribution in [0.4, 0.5) is 5.69 Å². The molecule has 0 radical (unpaired) electrons. The van der Waals surface area contributed by atoms with E-state index in [2.05, 4.69) is 9.71 Å². The fourth-order valence-corrected chi connectivity index (χ4v) is 3.48. The Morgan fingerprint density at radius 3 is 3.14 bits per heavy atom. The van der Waals surface area contributed by atoms with Crippen LogP contribution >= 0.6 is 0 Å². The third-order valence-electron chi connectivity index (χ3n) is 3.90. The molecule has 0 spiro atoms. The first kappa shape index (κ1) is 11.1. The van der Waals surface area contributed by atoms with E-state index in [4.69, 9.17) is 4.11 Å². The number of likely N-dealkylation sites (tertiary alicyclic amines) is 1. The molecule has 1 aliphatic rings. The van der Waals surface area contributed by atoms with Gasteiger partial charge in [0.2, 0.25) is 10.0 Å². The van der Waals surface area contributed by atoms with Crippen LogP contribution in [0.25, 0.3) is 10.9 Å². The Labute approximate surface area is 129 Å². The number of H-pyrrole nitrogens is 1. The Kier molecular flexibility index (Phi) is 2.82. The van der Waals surface area contributed by atoms with Crippen LogP contribution in [-0.4, -0.2) is 44.1 Å². The number of benzene rings is 1. The van der Waals surface area contributed by atoms with E-state index in [1.54, 1.807) is 17.0 Å². The molecular weight excluding hydrogens is 286 g/mol. The van der Waals surface area contributed by atoms with E-state index < -0.39 is 17.0 Å². The fraction of sp³-hybridized carbons (Fsp3) is 0.467. The lowest BCUT2D eigenvalue weighted by atomic mass is 10.0. The van der Waals surface area contributed by atoms with Gasteiger partial charge in [-0.3, -0.25) is 4.72 Å². The minimum absolute atomic E-state index is 0.0250. The molecule has 5 nitrogen and oxygen atoms in total. The van der Waals surface area contributed by atoms with Crippen molar-refractivity contribution in [3.8, 4) is 0 Å². The van der Waals surface area contributed by atoms with E-state index >= 15 is 0 Å². The summed E-state index contributed by atoms with van der Waals surface area (Å²) in [6, 6.07) is 5.29. The Morgan fingerprint density at radius 1 is 1.52 bits per heavy atom. The molecule has 2 N–H and O–H groups in total. The van der Waals surface area contributed by atoms with Crippen LogP contribution in [0.15, 0.2) is 24.4 Å². The van der Waals surface area contributed by atoms with Crippen molar-refractivity contribution in [2.45, 2.75) is 25.3 Å². The van der Waals surface area contributed by atoms with Crippen molar-refractivity contribution in [2.24, 2.45) is 0 Å². The molecule has 1 aromatic heterocycles. The third kappa shape index (κ3) is 3.22. The van der Waals surface area contributed by atoms with Gasteiger partial charge in [-0.1, -0.05) is 0 Å². The van der Waals surface area contributed by atoms with Gasteiger partial charge in [-0.15, -0.1) is 0 Å². The second-order valence-electron chi connectivity index (χ2n) is 5.64. The van der Waals surface area contributed by atoms with Gasteiger partial charge in [-0.2, -0.15) is 0 Å². The second-order valence-corrected chi connectivity index (χ2v) is 7.39. The summed E-state index contributed by atoms with van der Waals surface area (Å²) in [6.45, 7) is -1.49. The number of sulfonamides is 1. The van der Waals surface area contributed by atoms with E-state index in [-0.39, 0.29) is 6.04 Å². The number of anilines is 1. The summed E-state index contributed by atoms with van der Waals surface area (Å²) in [6.07, 6.45) is 5.35. The SMILES string of the molecule is [3H]C([3H])([3H])N1CCCC1Cc1c[nH]c2ccc(NS(C)(=O)=O)cc12. The monoisotopic (exact) mass is 313 g/mol. The number of rotatable bonds is 4. The average molecular weight is 313 g/mol. The van der Waals surface area contributed by atoms with Crippen LogP contribution < -0.4 is 4.72 Å². The second kappa shape index (κ2) is 5.35. The van der Waals surface area contributed by atoms with Gasteiger partial charge in [0.15, 0.2) is 0 Å². The molecule has 3 rings (SSSR count). The quantitative estimate of drug-likeness (QED) is 0.909. The van der Waals surface area contributed by atoms with E-state index in [0.29, 0.717) is 18.7 Å². The first-order valence-electron chi connectivity index (χ1n) is 8.48. The largest absolute Gasteiger partial charge is 0.361 e. The van der Waals surface area contributed by atoms with Crippen LogP contribution in [-0.2, 0) is 16.4 Å². The van der Waals surface area contributed by atoms with Crippen molar-refractivity contribution in [3.63, 3.8) is 0 Å². The summed E-state index contributed by atoms with van der Waals surface area (Å²) in [7, 11) is -3.34. The maximum Gasteiger partial charge on any atom is 0.229 e. The molecule has 21 heavy (non-hydrogen) atoms. The van der Waals surface area contributed by atoms with Crippen LogP contribution in [0.3, 0.4) is 0 Å². The van der Waals surface area contributed by atoms with Gasteiger partial charge < -0.3 is 9.88 Å². The normalized spacial score (nSPS) is 22.9. The highest BCUT2D eigenvalue weighted by molar-refractivity contribution is 7.92. The maximum atomic E-state index is 11.4. The van der Waals surface area contributed by atoms with E-state index in [1.807, 2.05) is 12.3 Å². The summed E-state index contributed by atoms with van der Waals surface area (Å²) in [5.41, 5.74) is 2.41. The summed E-state index contributed by atoms with van der Waals surface area (Å²) in [5, 5.41) is 0.918. The van der Waals surface area contributed by atoms with E-state index in [9.17, 15) is 8.42 Å². The first-order chi connectivity index (χ1) is 11.1. The number of fused-ring (bicyclic) bond motifs is 1. The van der Waals surface area contributed by atoms with Crippen LogP contribution in [0.5, 0.6) is 0 Å². The molecule has 0 aliphatic carbocycles. The molecule has 1 fully saturated rings. The van der Waals surface area contributed by atoms with Crippen molar-refractivity contribution in [3.05, 3.63) is 30.0 Å². The molecular formula is C15H21N3O2S. The number of hydrogen-bond donors (Lipinski definition) is 2. The number of aromatic nitrogens is 1. The van der Waals surface area contributed by atoms with Gasteiger partial charge in [-0.05, 0) is 56.5 Å². The summed E-state index contributed by atoms with van der Waals surface area (Å²) < 4.78 is 48.3. The molecule has 6 heteroatoms. The van der Waals surface area contributed by atoms with Gasteiger partial charge in [0.25, 0.3) is 0 Å². The lowest BCUT2D eigenvalue weighted by molar-refractivity contribution is 0.310. The zero-order valence-electron chi connectivity index (χ0n) is 14.9. The topological polar surface area (TPSA) is 65.2 Å². The summed E-state index contributed by atoms with van der Waals surface area (Å²) in [4.78, 5) is 4.76. The highest BCUT2D eigenvalue weighted by atomic mass is 32.2. The highest BCUT2D eigenvalue weighted by Gasteiger charge is 2.22. The van der Waals surface area contributed by atoms with Crippen molar-refractivity contribution < 1.29 is 12.5 Å². The Balaban J connectivity index is 1.88. The van der Waals surface area contributed by atoms with Crippen molar-refractivity contribution in [1.29, 1.82) is 0 Å². The molecule has 1 aromatic carbocycles. The molecule has 1 aliphatic heterocycles. The molecule has 0 bridgehead atoms. The predicted molar refractivity (Wildman–Crippen MR) is 86.1 cm³/mol. The molecule has 1 unspecified atom stereocenters.